The minimum Gasteiger partial charge on any atom is -0.497 e. The molecule has 1 aliphatic heterocycles. The van der Waals surface area contributed by atoms with E-state index in [0.29, 0.717) is 0 Å². The van der Waals surface area contributed by atoms with Gasteiger partial charge in [0.15, 0.2) is 0 Å². The van der Waals surface area contributed by atoms with Gasteiger partial charge in [0, 0.05) is 12.3 Å². The smallest absolute Gasteiger partial charge is 0.244 e. The highest BCUT2D eigenvalue weighted by Gasteiger charge is 2.25. The van der Waals surface area contributed by atoms with Crippen LogP contribution in [-0.2, 0) is 16.1 Å². The van der Waals surface area contributed by atoms with Crippen molar-refractivity contribution in [2.45, 2.75) is 25.5 Å². The molecule has 0 saturated carbocycles. The first-order chi connectivity index (χ1) is 12.7. The lowest BCUT2D eigenvalue weighted by Gasteiger charge is -2.13. The maximum absolute atomic E-state index is 12.6. The van der Waals surface area contributed by atoms with Crippen LogP contribution >= 0.6 is 0 Å². The number of rotatable bonds is 5. The number of amides is 1. The zero-order valence-electron chi connectivity index (χ0n) is 14.6. The third-order valence-corrected chi connectivity index (χ3v) is 4.58. The summed E-state index contributed by atoms with van der Waals surface area (Å²) in [7, 11) is 1.62. The van der Waals surface area contributed by atoms with Gasteiger partial charge in [-0.15, -0.1) is 0 Å². The summed E-state index contributed by atoms with van der Waals surface area (Å²) in [5, 5.41) is 2.93. The number of anilines is 1. The Morgan fingerprint density at radius 1 is 1.27 bits per heavy atom. The van der Waals surface area contributed by atoms with Gasteiger partial charge in [0.05, 0.1) is 18.1 Å². The standard InChI is InChI=1S/C20H21N3O3/c1-25-15-10-8-14(9-11-15)21-19(24)13-23-17-6-3-2-5-16(17)22-20(23)18-7-4-12-26-18/h2-3,5-6,8-11,18H,4,7,12-13H2,1H3,(H,21,24). The van der Waals surface area contributed by atoms with Gasteiger partial charge < -0.3 is 19.4 Å². The van der Waals surface area contributed by atoms with E-state index >= 15 is 0 Å². The average Bonchev–Trinajstić information content (AvgIpc) is 3.31. The van der Waals surface area contributed by atoms with Gasteiger partial charge in [-0.3, -0.25) is 4.79 Å². The van der Waals surface area contributed by atoms with Gasteiger partial charge >= 0.3 is 0 Å². The van der Waals surface area contributed by atoms with Crippen molar-refractivity contribution < 1.29 is 14.3 Å². The fourth-order valence-electron chi connectivity index (χ4n) is 3.31. The van der Waals surface area contributed by atoms with E-state index in [-0.39, 0.29) is 18.6 Å². The van der Waals surface area contributed by atoms with Crippen molar-refractivity contribution in [1.29, 1.82) is 0 Å². The summed E-state index contributed by atoms with van der Waals surface area (Å²) in [5.41, 5.74) is 2.57. The number of benzene rings is 2. The molecule has 26 heavy (non-hydrogen) atoms. The van der Waals surface area contributed by atoms with Crippen molar-refractivity contribution in [3.63, 3.8) is 0 Å². The zero-order valence-corrected chi connectivity index (χ0v) is 14.6. The first-order valence-electron chi connectivity index (χ1n) is 8.75. The number of methoxy groups -OCH3 is 1. The number of para-hydroxylation sites is 2. The van der Waals surface area contributed by atoms with Crippen molar-refractivity contribution in [1.82, 2.24) is 9.55 Å². The second-order valence-corrected chi connectivity index (χ2v) is 6.32. The van der Waals surface area contributed by atoms with Gasteiger partial charge in [-0.2, -0.15) is 0 Å². The maximum atomic E-state index is 12.6. The van der Waals surface area contributed by atoms with Crippen molar-refractivity contribution >= 4 is 22.6 Å². The fraction of sp³-hybridized carbons (Fsp3) is 0.300. The molecular weight excluding hydrogens is 330 g/mol. The second kappa shape index (κ2) is 7.17. The van der Waals surface area contributed by atoms with E-state index in [1.807, 2.05) is 53.1 Å². The van der Waals surface area contributed by atoms with E-state index in [9.17, 15) is 4.79 Å². The summed E-state index contributed by atoms with van der Waals surface area (Å²) >= 11 is 0. The van der Waals surface area contributed by atoms with Gasteiger partial charge in [-0.1, -0.05) is 12.1 Å². The van der Waals surface area contributed by atoms with Gasteiger partial charge in [0.1, 0.15) is 24.2 Å². The first kappa shape index (κ1) is 16.6. The van der Waals surface area contributed by atoms with E-state index < -0.39 is 0 Å². The summed E-state index contributed by atoms with van der Waals surface area (Å²) in [6, 6.07) is 15.2. The molecule has 6 heteroatoms. The molecule has 1 atom stereocenters. The van der Waals surface area contributed by atoms with E-state index in [4.69, 9.17) is 14.5 Å². The van der Waals surface area contributed by atoms with Crippen LogP contribution in [0.1, 0.15) is 24.8 Å². The van der Waals surface area contributed by atoms with E-state index in [1.165, 1.54) is 0 Å². The minimum absolute atomic E-state index is 0.0452. The Kier molecular flexibility index (Phi) is 4.58. The number of carbonyl (C=O) groups is 1. The van der Waals surface area contributed by atoms with Gasteiger partial charge in [0.25, 0.3) is 0 Å². The van der Waals surface area contributed by atoms with Gasteiger partial charge in [-0.05, 0) is 49.2 Å². The number of hydrogen-bond acceptors (Lipinski definition) is 4. The Morgan fingerprint density at radius 3 is 2.81 bits per heavy atom. The van der Waals surface area contributed by atoms with Crippen LogP contribution in [0.3, 0.4) is 0 Å². The van der Waals surface area contributed by atoms with Crippen LogP contribution < -0.4 is 10.1 Å². The predicted molar refractivity (Wildman–Crippen MR) is 99.3 cm³/mol. The van der Waals surface area contributed by atoms with Crippen LogP contribution in [0.5, 0.6) is 5.75 Å². The molecule has 134 valence electrons. The molecule has 3 aromatic rings. The molecule has 1 aliphatic rings. The minimum atomic E-state index is -0.0995. The normalized spacial score (nSPS) is 16.7. The molecule has 2 heterocycles. The van der Waals surface area contributed by atoms with Crippen LogP contribution in [-0.4, -0.2) is 29.2 Å². The third kappa shape index (κ3) is 3.28. The molecule has 4 rings (SSSR count). The Hall–Kier alpha value is -2.86. The summed E-state index contributed by atoms with van der Waals surface area (Å²) in [4.78, 5) is 17.3. The number of nitrogens with one attached hydrogen (secondary N) is 1. The number of nitrogens with zero attached hydrogens (tertiary/aromatic N) is 2. The molecule has 0 bridgehead atoms. The van der Waals surface area contributed by atoms with Gasteiger partial charge in [-0.25, -0.2) is 4.98 Å². The molecule has 1 N–H and O–H groups in total. The first-order valence-corrected chi connectivity index (χ1v) is 8.75. The predicted octanol–water partition coefficient (Wildman–Crippen LogP) is 3.54. The highest BCUT2D eigenvalue weighted by atomic mass is 16.5. The molecule has 6 nitrogen and oxygen atoms in total. The van der Waals surface area contributed by atoms with Crippen LogP contribution in [0.2, 0.25) is 0 Å². The van der Waals surface area contributed by atoms with Crippen molar-refractivity contribution in [2.75, 3.05) is 19.0 Å². The lowest BCUT2D eigenvalue weighted by atomic mass is 10.2. The Balaban J connectivity index is 1.58. The largest absolute Gasteiger partial charge is 0.497 e. The Morgan fingerprint density at radius 2 is 2.08 bits per heavy atom. The summed E-state index contributed by atoms with van der Waals surface area (Å²) in [6.07, 6.45) is 1.91. The summed E-state index contributed by atoms with van der Waals surface area (Å²) in [6.45, 7) is 0.938. The molecule has 0 spiro atoms. The average molecular weight is 351 g/mol. The molecule has 0 aliphatic carbocycles. The van der Waals surface area contributed by atoms with E-state index in [1.54, 1.807) is 7.11 Å². The molecule has 1 aromatic heterocycles. The molecule has 1 saturated heterocycles. The van der Waals surface area contributed by atoms with Crippen LogP contribution in [0.25, 0.3) is 11.0 Å². The molecule has 1 amide bonds. The SMILES string of the molecule is COc1ccc(NC(=O)Cn2c(C3CCCO3)nc3ccccc32)cc1. The number of imidazole rings is 1. The van der Waals surface area contributed by atoms with Crippen LogP contribution in [0.15, 0.2) is 48.5 Å². The highest BCUT2D eigenvalue weighted by molar-refractivity contribution is 5.91. The Bertz CT molecular complexity index is 912. The van der Waals surface area contributed by atoms with E-state index in [2.05, 4.69) is 5.32 Å². The number of hydrogen-bond donors (Lipinski definition) is 1. The number of ether oxygens (including phenoxy) is 2. The monoisotopic (exact) mass is 351 g/mol. The molecule has 1 unspecified atom stereocenters. The number of fused-ring (bicyclic) bond motifs is 1. The topological polar surface area (TPSA) is 65.4 Å². The third-order valence-electron chi connectivity index (χ3n) is 4.58. The van der Waals surface area contributed by atoms with Crippen molar-refractivity contribution in [3.05, 3.63) is 54.4 Å². The fourth-order valence-corrected chi connectivity index (χ4v) is 3.31. The van der Waals surface area contributed by atoms with E-state index in [0.717, 1.165) is 47.7 Å². The molecule has 0 radical (unpaired) electrons. The maximum Gasteiger partial charge on any atom is 0.244 e. The molecule has 2 aromatic carbocycles. The van der Waals surface area contributed by atoms with Crippen molar-refractivity contribution in [3.8, 4) is 5.75 Å². The van der Waals surface area contributed by atoms with Crippen molar-refractivity contribution in [2.24, 2.45) is 0 Å². The summed E-state index contributed by atoms with van der Waals surface area (Å²) in [5.74, 6) is 1.48. The summed E-state index contributed by atoms with van der Waals surface area (Å²) < 4.78 is 12.9. The lowest BCUT2D eigenvalue weighted by Crippen LogP contribution is -2.21. The molecule has 1 fully saturated rings. The van der Waals surface area contributed by atoms with Crippen LogP contribution in [0.4, 0.5) is 5.69 Å². The number of carbonyl (C=O) groups excluding carboxylic acids is 1. The lowest BCUT2D eigenvalue weighted by molar-refractivity contribution is -0.116. The zero-order chi connectivity index (χ0) is 17.9. The van der Waals surface area contributed by atoms with Crippen LogP contribution in [0, 0.1) is 0 Å². The number of aromatic nitrogens is 2. The second-order valence-electron chi connectivity index (χ2n) is 6.32. The Labute approximate surface area is 151 Å². The quantitative estimate of drug-likeness (QED) is 0.764. The molecular formula is C20H21N3O3. The van der Waals surface area contributed by atoms with Gasteiger partial charge in [0.2, 0.25) is 5.91 Å². The highest BCUT2D eigenvalue weighted by Crippen LogP contribution is 2.30.